The Morgan fingerprint density at radius 3 is 1.11 bits per heavy atom. The average Bonchev–Trinajstić information content (AvgIpc) is 0.763. The number of phosphoric acid groups is 1. The molecule has 1 aliphatic carbocycles. The third-order valence-electron chi connectivity index (χ3n) is 19.0. The molecule has 25 heteroatoms. The van der Waals surface area contributed by atoms with Gasteiger partial charge in [-0.25, -0.2) is 4.57 Å². The second-order valence-corrected chi connectivity index (χ2v) is 29.1. The molecule has 0 radical (unpaired) electrons. The van der Waals surface area contributed by atoms with Crippen molar-refractivity contribution in [3.63, 3.8) is 0 Å². The molecule has 98 heavy (non-hydrogen) atoms. The van der Waals surface area contributed by atoms with Gasteiger partial charge in [0.15, 0.2) is 18.7 Å². The Labute approximate surface area is 586 Å². The number of carbonyl (C=O) groups is 3. The molecule has 0 amide bonds. The van der Waals surface area contributed by atoms with Crippen LogP contribution in [-0.4, -0.2) is 204 Å². The number of rotatable bonds is 60. The first-order chi connectivity index (χ1) is 47.3. The number of carbonyl (C=O) groups excluding carboxylic acids is 3. The number of allylic oxidation sites excluding steroid dienone is 2. The van der Waals surface area contributed by atoms with Crippen molar-refractivity contribution in [3.8, 4) is 0 Å². The molecule has 2 heterocycles. The van der Waals surface area contributed by atoms with Gasteiger partial charge in [-0.1, -0.05) is 251 Å². The van der Waals surface area contributed by atoms with E-state index < -0.39 is 156 Å². The van der Waals surface area contributed by atoms with E-state index in [2.05, 4.69) is 32.9 Å². The summed E-state index contributed by atoms with van der Waals surface area (Å²) in [5.41, 5.74) is 0. The normalized spacial score (nSPS) is 27.7. The Bertz CT molecular complexity index is 2080. The predicted molar refractivity (Wildman–Crippen MR) is 370 cm³/mol. The molecule has 0 bridgehead atoms. The van der Waals surface area contributed by atoms with E-state index in [0.717, 1.165) is 116 Å². The fraction of sp³-hybridized carbons (Fsp3) is 0.932. The minimum absolute atomic E-state index is 0.0320. The number of hydrogen-bond acceptors (Lipinski definition) is 23. The van der Waals surface area contributed by atoms with Crippen molar-refractivity contribution >= 4 is 25.7 Å². The second-order valence-electron chi connectivity index (χ2n) is 27.7. The van der Waals surface area contributed by atoms with E-state index in [-0.39, 0.29) is 19.3 Å². The molecule has 0 spiro atoms. The highest BCUT2D eigenvalue weighted by atomic mass is 31.2. The van der Waals surface area contributed by atoms with E-state index >= 15 is 0 Å². The van der Waals surface area contributed by atoms with Crippen molar-refractivity contribution in [2.75, 3.05) is 26.4 Å². The second kappa shape index (κ2) is 55.2. The lowest BCUT2D eigenvalue weighted by Crippen LogP contribution is -2.69. The maximum Gasteiger partial charge on any atom is 0.472 e. The zero-order chi connectivity index (χ0) is 71.8. The van der Waals surface area contributed by atoms with E-state index in [1.807, 2.05) is 0 Å². The molecule has 3 fully saturated rings. The number of aliphatic hydroxyl groups excluding tert-OH is 10. The summed E-state index contributed by atoms with van der Waals surface area (Å²) < 4.78 is 65.1. The average molecular weight is 1430 g/mol. The number of unbranched alkanes of at least 4 members (excludes halogenated alkanes) is 37. The van der Waals surface area contributed by atoms with Gasteiger partial charge in [0.25, 0.3) is 0 Å². The molecule has 18 atom stereocenters. The van der Waals surface area contributed by atoms with Crippen molar-refractivity contribution in [3.05, 3.63) is 12.2 Å². The van der Waals surface area contributed by atoms with Gasteiger partial charge >= 0.3 is 25.7 Å². The van der Waals surface area contributed by atoms with Crippen molar-refractivity contribution in [2.24, 2.45) is 0 Å². The fourth-order valence-corrected chi connectivity index (χ4v) is 13.7. The van der Waals surface area contributed by atoms with Gasteiger partial charge in [0.05, 0.1) is 13.2 Å². The van der Waals surface area contributed by atoms with E-state index in [1.54, 1.807) is 0 Å². The van der Waals surface area contributed by atoms with Crippen LogP contribution < -0.4 is 0 Å². The number of esters is 3. The molecule has 2 saturated heterocycles. The van der Waals surface area contributed by atoms with E-state index in [9.17, 15) is 74.9 Å². The summed E-state index contributed by atoms with van der Waals surface area (Å²) in [6.45, 7) is 3.45. The van der Waals surface area contributed by atoms with Crippen molar-refractivity contribution < 1.29 is 117 Å². The Morgan fingerprint density at radius 1 is 0.388 bits per heavy atom. The van der Waals surface area contributed by atoms with Crippen LogP contribution in [0, 0.1) is 0 Å². The summed E-state index contributed by atoms with van der Waals surface area (Å²) in [7, 11) is -5.69. The topological polar surface area (TPSA) is 374 Å². The third kappa shape index (κ3) is 37.9. The summed E-state index contributed by atoms with van der Waals surface area (Å²) >= 11 is 0. The Kier molecular flexibility index (Phi) is 50.7. The molecular formula is C73H135O24P. The Balaban J connectivity index is 1.73. The van der Waals surface area contributed by atoms with Crippen LogP contribution in [-0.2, 0) is 61.2 Å². The van der Waals surface area contributed by atoms with E-state index in [1.165, 1.54) is 128 Å². The van der Waals surface area contributed by atoms with Crippen LogP contribution in [0.3, 0.4) is 0 Å². The van der Waals surface area contributed by atoms with E-state index in [4.69, 9.17) is 42.2 Å². The molecule has 11 N–H and O–H groups in total. The predicted octanol–water partition coefficient (Wildman–Crippen LogP) is 10.7. The van der Waals surface area contributed by atoms with Gasteiger partial charge in [0.2, 0.25) is 0 Å². The lowest BCUT2D eigenvalue weighted by atomic mass is 9.84. The van der Waals surface area contributed by atoms with Crippen LogP contribution in [0.15, 0.2) is 12.2 Å². The van der Waals surface area contributed by atoms with Gasteiger partial charge in [-0.05, 0) is 44.9 Å². The van der Waals surface area contributed by atoms with Crippen LogP contribution in [0.25, 0.3) is 0 Å². The fourth-order valence-electron chi connectivity index (χ4n) is 12.8. The van der Waals surface area contributed by atoms with Crippen LogP contribution in [0.5, 0.6) is 0 Å². The lowest BCUT2D eigenvalue weighted by molar-refractivity contribution is -0.360. The summed E-state index contributed by atoms with van der Waals surface area (Å²) in [4.78, 5) is 51.0. The number of ether oxygens (including phenoxy) is 7. The van der Waals surface area contributed by atoms with Gasteiger partial charge in [0.1, 0.15) is 98.7 Å². The molecule has 1 saturated carbocycles. The molecule has 0 aromatic carbocycles. The van der Waals surface area contributed by atoms with Gasteiger partial charge in [-0.2, -0.15) is 0 Å². The Hall–Kier alpha value is -2.30. The first-order valence-electron chi connectivity index (χ1n) is 38.5. The molecule has 24 nitrogen and oxygen atoms in total. The Morgan fingerprint density at radius 2 is 0.714 bits per heavy atom. The maximum absolute atomic E-state index is 14.3. The highest BCUT2D eigenvalue weighted by Gasteiger charge is 2.58. The standard InChI is InChI=1S/C73H135O24P/c1-4-7-10-13-16-19-22-25-27-29-31-34-37-40-43-46-49-59(77)92-54(51-89-57(75)47-44-41-38-36-33-30-28-26-23-20-17-14-11-8-5-2)52-91-98(87,88)97-71-69(95-72-67(85)62(80)60(78)55(50-74)93-72)65(83)64(82)66(84)70(71)96-73-68(86)63(81)61(79)56(94-73)53-90-58(76)48-45-42-39-35-32-24-21-18-15-12-9-6-3/h20,23,54-56,60-74,78-86H,4-19,21-22,24-53H2,1-3H3,(H,87,88)/b23-20-. The largest absolute Gasteiger partial charge is 0.472 e. The SMILES string of the molecule is CCCCCC/C=C\CCCCCCCCCC(=O)OCC(COP(=O)(O)OC1C(OC2OC(CO)C(O)C(O)C2O)C(O)C(O)C(O)C1OC1OC(COC(=O)CCCCCCCCCCCCCC)C(O)C(O)C1O)OC(=O)CCCCCCCCCCCCCCCCCC. The zero-order valence-electron chi connectivity index (χ0n) is 60.1. The highest BCUT2D eigenvalue weighted by Crippen LogP contribution is 2.49. The number of phosphoric ester groups is 1. The molecule has 0 aromatic heterocycles. The minimum atomic E-state index is -5.69. The van der Waals surface area contributed by atoms with Gasteiger partial charge in [-0.3, -0.25) is 23.4 Å². The van der Waals surface area contributed by atoms with Crippen molar-refractivity contribution in [1.82, 2.24) is 0 Å². The first-order valence-corrected chi connectivity index (χ1v) is 40.0. The number of hydrogen-bond donors (Lipinski definition) is 11. The molecule has 3 rings (SSSR count). The van der Waals surface area contributed by atoms with E-state index in [0.29, 0.717) is 19.3 Å². The van der Waals surface area contributed by atoms with Crippen molar-refractivity contribution in [1.29, 1.82) is 0 Å². The molecule has 18 unspecified atom stereocenters. The lowest BCUT2D eigenvalue weighted by Gasteiger charge is -2.49. The minimum Gasteiger partial charge on any atom is -0.463 e. The summed E-state index contributed by atoms with van der Waals surface area (Å²) in [5, 5.41) is 110. The first kappa shape index (κ1) is 89.9. The molecule has 2 aliphatic heterocycles. The molecular weight excluding hydrogens is 1290 g/mol. The third-order valence-corrected chi connectivity index (χ3v) is 20.0. The van der Waals surface area contributed by atoms with Crippen molar-refractivity contribution in [2.45, 2.75) is 407 Å². The van der Waals surface area contributed by atoms with Crippen LogP contribution in [0.4, 0.5) is 0 Å². The number of aliphatic hydroxyl groups is 10. The van der Waals surface area contributed by atoms with Gasteiger partial charge < -0.3 is 89.1 Å². The quantitative estimate of drug-likeness (QED) is 0.00886. The maximum atomic E-state index is 14.3. The smallest absolute Gasteiger partial charge is 0.463 e. The molecule has 576 valence electrons. The molecule has 0 aromatic rings. The molecule has 3 aliphatic rings. The summed E-state index contributed by atoms with van der Waals surface area (Å²) in [6, 6.07) is 0. The summed E-state index contributed by atoms with van der Waals surface area (Å²) in [5.74, 6) is -1.98. The summed E-state index contributed by atoms with van der Waals surface area (Å²) in [6.07, 6.45) is 14.1. The zero-order valence-corrected chi connectivity index (χ0v) is 61.0. The highest BCUT2D eigenvalue weighted by molar-refractivity contribution is 7.47. The monoisotopic (exact) mass is 1430 g/mol. The van der Waals surface area contributed by atoms with Crippen LogP contribution >= 0.6 is 7.82 Å². The van der Waals surface area contributed by atoms with Gasteiger partial charge in [-0.15, -0.1) is 0 Å². The van der Waals surface area contributed by atoms with Crippen LogP contribution in [0.2, 0.25) is 0 Å². The van der Waals surface area contributed by atoms with Gasteiger partial charge in [0, 0.05) is 19.3 Å². The van der Waals surface area contributed by atoms with Crippen LogP contribution in [0.1, 0.15) is 303 Å².